The molecule has 4 N–H and O–H groups in total. The first-order chi connectivity index (χ1) is 8.50. The molecule has 0 aliphatic heterocycles. The van der Waals surface area contributed by atoms with Crippen molar-refractivity contribution in [3.8, 4) is 0 Å². The highest BCUT2D eigenvalue weighted by molar-refractivity contribution is 5.93. The van der Waals surface area contributed by atoms with Gasteiger partial charge in [-0.3, -0.25) is 4.79 Å². The average molecular weight is 257 g/mol. The number of carbonyl (C=O) groups is 2. The Hall–Kier alpha value is -2.22. The van der Waals surface area contributed by atoms with E-state index in [0.717, 1.165) is 12.3 Å². The van der Waals surface area contributed by atoms with Gasteiger partial charge in [0.2, 0.25) is 5.91 Å². The number of hydrogen-bond donors (Lipinski definition) is 3. The highest BCUT2D eigenvalue weighted by Crippen LogP contribution is 2.13. The molecule has 0 aromatic carbocycles. The van der Waals surface area contributed by atoms with E-state index in [4.69, 9.17) is 15.6 Å². The van der Waals surface area contributed by atoms with Gasteiger partial charge in [0.05, 0.1) is 12.8 Å². The second kappa shape index (κ2) is 6.50. The van der Waals surface area contributed by atoms with E-state index < -0.39 is 17.7 Å². The summed E-state index contributed by atoms with van der Waals surface area (Å²) in [5.74, 6) is -2.59. The molecule has 0 spiro atoms. The zero-order valence-electron chi connectivity index (χ0n) is 9.35. The quantitative estimate of drug-likeness (QED) is 0.584. The summed E-state index contributed by atoms with van der Waals surface area (Å²) >= 11 is 0. The maximum atomic E-state index is 12.8. The fraction of sp³-hybridized carbons (Fsp3) is 0.300. The molecule has 7 nitrogen and oxygen atoms in total. The standard InChI is InChI=1S/C10H12FN3O4/c11-6-3-7(10(16)17)9(14-4-6)13-1-2-18-5-8(12)15/h3-4H,1-2,5H2,(H2,12,15)(H,13,14)(H,16,17). The lowest BCUT2D eigenvalue weighted by molar-refractivity contribution is -0.122. The Morgan fingerprint density at radius 1 is 1.56 bits per heavy atom. The Kier molecular flexibility index (Phi) is 5.00. The number of pyridine rings is 1. The maximum Gasteiger partial charge on any atom is 0.339 e. The summed E-state index contributed by atoms with van der Waals surface area (Å²) in [5.41, 5.74) is 4.58. The minimum absolute atomic E-state index is 0.0339. The van der Waals surface area contributed by atoms with Gasteiger partial charge in [-0.05, 0) is 6.07 Å². The van der Waals surface area contributed by atoms with Gasteiger partial charge in [0.1, 0.15) is 23.8 Å². The summed E-state index contributed by atoms with van der Waals surface area (Å²) in [5, 5.41) is 11.5. The molecule has 1 amide bonds. The van der Waals surface area contributed by atoms with Crippen LogP contribution in [0.25, 0.3) is 0 Å². The number of carboxylic acids is 1. The molecule has 0 unspecified atom stereocenters. The van der Waals surface area contributed by atoms with Crippen molar-refractivity contribution in [1.82, 2.24) is 4.98 Å². The van der Waals surface area contributed by atoms with Crippen LogP contribution in [0.15, 0.2) is 12.3 Å². The molecule has 1 rings (SSSR count). The lowest BCUT2D eigenvalue weighted by atomic mass is 10.2. The highest BCUT2D eigenvalue weighted by Gasteiger charge is 2.12. The van der Waals surface area contributed by atoms with Crippen molar-refractivity contribution in [2.75, 3.05) is 25.1 Å². The van der Waals surface area contributed by atoms with Crippen molar-refractivity contribution in [2.45, 2.75) is 0 Å². The Morgan fingerprint density at radius 2 is 2.28 bits per heavy atom. The van der Waals surface area contributed by atoms with Crippen LogP contribution in [0.5, 0.6) is 0 Å². The number of carboxylic acid groups (broad SMARTS) is 1. The molecule has 1 aromatic rings. The zero-order valence-corrected chi connectivity index (χ0v) is 9.35. The molecule has 1 aromatic heterocycles. The molecule has 0 saturated heterocycles. The van der Waals surface area contributed by atoms with Gasteiger partial charge in [-0.2, -0.15) is 0 Å². The molecule has 0 fully saturated rings. The topological polar surface area (TPSA) is 115 Å². The van der Waals surface area contributed by atoms with Crippen LogP contribution >= 0.6 is 0 Å². The molecule has 0 bridgehead atoms. The molecule has 98 valence electrons. The minimum Gasteiger partial charge on any atom is -0.478 e. The smallest absolute Gasteiger partial charge is 0.339 e. The van der Waals surface area contributed by atoms with Crippen LogP contribution in [-0.4, -0.2) is 41.7 Å². The van der Waals surface area contributed by atoms with Crippen molar-refractivity contribution < 1.29 is 23.8 Å². The summed E-state index contributed by atoms with van der Waals surface area (Å²) in [6.07, 6.45) is 0.902. The third-order valence-corrected chi connectivity index (χ3v) is 1.87. The maximum absolute atomic E-state index is 12.8. The number of hydrogen-bond acceptors (Lipinski definition) is 5. The van der Waals surface area contributed by atoms with Crippen molar-refractivity contribution in [2.24, 2.45) is 5.73 Å². The Labute approximate surface area is 102 Å². The second-order valence-electron chi connectivity index (χ2n) is 3.30. The summed E-state index contributed by atoms with van der Waals surface area (Å²) in [6, 6.07) is 0.863. The number of aromatic carboxylic acids is 1. The van der Waals surface area contributed by atoms with Crippen molar-refractivity contribution in [3.05, 3.63) is 23.6 Å². The van der Waals surface area contributed by atoms with Gasteiger partial charge in [0.25, 0.3) is 0 Å². The van der Waals surface area contributed by atoms with Gasteiger partial charge in [-0.1, -0.05) is 0 Å². The Balaban J connectivity index is 2.51. The average Bonchev–Trinajstić information content (AvgIpc) is 2.29. The second-order valence-corrected chi connectivity index (χ2v) is 3.30. The lowest BCUT2D eigenvalue weighted by Gasteiger charge is -2.08. The van der Waals surface area contributed by atoms with Crippen LogP contribution in [0.1, 0.15) is 10.4 Å². The SMILES string of the molecule is NC(=O)COCCNc1ncc(F)cc1C(=O)O. The van der Waals surface area contributed by atoms with Crippen LogP contribution in [-0.2, 0) is 9.53 Å². The number of anilines is 1. The molecule has 0 saturated carbocycles. The number of aromatic nitrogens is 1. The first-order valence-electron chi connectivity index (χ1n) is 4.99. The van der Waals surface area contributed by atoms with Crippen molar-refractivity contribution in [3.63, 3.8) is 0 Å². The number of amides is 1. The van der Waals surface area contributed by atoms with E-state index in [9.17, 15) is 14.0 Å². The molecule has 18 heavy (non-hydrogen) atoms. The molecule has 0 aliphatic rings. The van der Waals surface area contributed by atoms with Crippen LogP contribution < -0.4 is 11.1 Å². The summed E-state index contributed by atoms with van der Waals surface area (Å²) < 4.78 is 17.7. The monoisotopic (exact) mass is 257 g/mol. The van der Waals surface area contributed by atoms with Gasteiger partial charge in [-0.25, -0.2) is 14.2 Å². The molecular formula is C10H12FN3O4. The normalized spacial score (nSPS) is 10.1. The number of nitrogens with zero attached hydrogens (tertiary/aromatic N) is 1. The first-order valence-corrected chi connectivity index (χ1v) is 4.99. The number of primary amides is 1. The van der Waals surface area contributed by atoms with Crippen LogP contribution in [0.2, 0.25) is 0 Å². The van der Waals surface area contributed by atoms with E-state index >= 15 is 0 Å². The third-order valence-electron chi connectivity index (χ3n) is 1.87. The van der Waals surface area contributed by atoms with Gasteiger partial charge in [0, 0.05) is 6.54 Å². The van der Waals surface area contributed by atoms with E-state index in [-0.39, 0.29) is 31.1 Å². The van der Waals surface area contributed by atoms with E-state index in [1.54, 1.807) is 0 Å². The van der Waals surface area contributed by atoms with E-state index in [1.165, 1.54) is 0 Å². The van der Waals surface area contributed by atoms with Crippen molar-refractivity contribution in [1.29, 1.82) is 0 Å². The van der Waals surface area contributed by atoms with Crippen molar-refractivity contribution >= 4 is 17.7 Å². The lowest BCUT2D eigenvalue weighted by Crippen LogP contribution is -2.21. The fourth-order valence-electron chi connectivity index (χ4n) is 1.16. The van der Waals surface area contributed by atoms with Gasteiger partial charge < -0.3 is 20.9 Å². The van der Waals surface area contributed by atoms with E-state index in [2.05, 4.69) is 10.3 Å². The largest absolute Gasteiger partial charge is 0.478 e. The van der Waals surface area contributed by atoms with E-state index in [1.807, 2.05) is 0 Å². The number of ether oxygens (including phenoxy) is 1. The summed E-state index contributed by atoms with van der Waals surface area (Å²) in [6.45, 7) is 0.136. The Morgan fingerprint density at radius 3 is 2.89 bits per heavy atom. The third kappa shape index (κ3) is 4.34. The van der Waals surface area contributed by atoms with Gasteiger partial charge in [-0.15, -0.1) is 0 Å². The zero-order chi connectivity index (χ0) is 13.5. The highest BCUT2D eigenvalue weighted by atomic mass is 19.1. The number of nitrogens with one attached hydrogen (secondary N) is 1. The number of rotatable bonds is 7. The molecule has 0 radical (unpaired) electrons. The first kappa shape index (κ1) is 13.8. The van der Waals surface area contributed by atoms with E-state index in [0.29, 0.717) is 0 Å². The summed E-state index contributed by atoms with van der Waals surface area (Å²) in [4.78, 5) is 24.8. The minimum atomic E-state index is -1.29. The van der Waals surface area contributed by atoms with Crippen LogP contribution in [0.3, 0.4) is 0 Å². The van der Waals surface area contributed by atoms with Gasteiger partial charge >= 0.3 is 5.97 Å². The molecule has 1 heterocycles. The Bertz CT molecular complexity index is 453. The fourth-order valence-corrected chi connectivity index (χ4v) is 1.16. The molecule has 8 heteroatoms. The summed E-state index contributed by atoms with van der Waals surface area (Å²) in [7, 11) is 0. The van der Waals surface area contributed by atoms with Crippen LogP contribution in [0.4, 0.5) is 10.2 Å². The predicted molar refractivity (Wildman–Crippen MR) is 59.7 cm³/mol. The molecular weight excluding hydrogens is 245 g/mol. The van der Waals surface area contributed by atoms with Crippen LogP contribution in [0, 0.1) is 5.82 Å². The van der Waals surface area contributed by atoms with Gasteiger partial charge in [0.15, 0.2) is 0 Å². The number of carbonyl (C=O) groups excluding carboxylic acids is 1. The number of nitrogens with two attached hydrogens (primary N) is 1. The molecule has 0 atom stereocenters. The predicted octanol–water partition coefficient (Wildman–Crippen LogP) is -0.167. The molecule has 0 aliphatic carbocycles. The number of halogens is 1.